The zero-order valence-corrected chi connectivity index (χ0v) is 8.94. The molecule has 0 bridgehead atoms. The van der Waals surface area contributed by atoms with Crippen molar-refractivity contribution in [3.63, 3.8) is 0 Å². The molecular formula is C8H12O3S2. The van der Waals surface area contributed by atoms with Gasteiger partial charge in [-0.3, -0.25) is 8.74 Å². The number of hydrogen-bond acceptors (Lipinski definition) is 3. The number of thiophene rings is 1. The first kappa shape index (κ1) is 10.8. The molecule has 74 valence electrons. The third-order valence-corrected chi connectivity index (χ3v) is 2.92. The van der Waals surface area contributed by atoms with E-state index in [0.29, 0.717) is 6.61 Å². The molecular weight excluding hydrogens is 208 g/mol. The monoisotopic (exact) mass is 220 g/mol. The molecule has 0 spiro atoms. The summed E-state index contributed by atoms with van der Waals surface area (Å²) in [6, 6.07) is 2.02. The molecule has 1 aromatic rings. The van der Waals surface area contributed by atoms with Gasteiger partial charge in [-0.2, -0.15) is 15.5 Å². The second-order valence-electron chi connectivity index (χ2n) is 2.66. The van der Waals surface area contributed by atoms with E-state index >= 15 is 0 Å². The summed E-state index contributed by atoms with van der Waals surface area (Å²) in [4.78, 5) is 0. The Balaban J connectivity index is 2.49. The predicted octanol–water partition coefficient (Wildman–Crippen LogP) is 2.40. The van der Waals surface area contributed by atoms with Crippen molar-refractivity contribution in [2.24, 2.45) is 0 Å². The summed E-state index contributed by atoms with van der Waals surface area (Å²) in [7, 11) is 0. The van der Waals surface area contributed by atoms with Crippen LogP contribution in [0.2, 0.25) is 0 Å². The molecule has 0 amide bonds. The van der Waals surface area contributed by atoms with Crippen molar-refractivity contribution in [1.82, 2.24) is 0 Å². The lowest BCUT2D eigenvalue weighted by Gasteiger charge is -2.11. The Morgan fingerprint density at radius 1 is 1.77 bits per heavy atom. The van der Waals surface area contributed by atoms with E-state index in [1.54, 1.807) is 11.3 Å². The molecule has 0 aliphatic heterocycles. The molecule has 3 nitrogen and oxygen atoms in total. The molecule has 13 heavy (non-hydrogen) atoms. The minimum Gasteiger partial charge on any atom is -0.284 e. The van der Waals surface area contributed by atoms with Crippen LogP contribution in [0.1, 0.15) is 24.8 Å². The first-order chi connectivity index (χ1) is 6.24. The first-order valence-corrected chi connectivity index (χ1v) is 5.97. The Hall–Kier alpha value is -0.230. The van der Waals surface area contributed by atoms with Gasteiger partial charge in [-0.15, -0.1) is 0 Å². The summed E-state index contributed by atoms with van der Waals surface area (Å²) >= 11 is -0.522. The number of hydrogen-bond donors (Lipinski definition) is 1. The Labute approximate surface area is 84.2 Å². The molecule has 0 fully saturated rings. The third kappa shape index (κ3) is 3.56. The normalized spacial score (nSPS) is 15.5. The van der Waals surface area contributed by atoms with E-state index in [-0.39, 0.29) is 5.92 Å². The predicted molar refractivity (Wildman–Crippen MR) is 54.1 cm³/mol. The fourth-order valence-corrected chi connectivity index (χ4v) is 2.12. The van der Waals surface area contributed by atoms with Crippen molar-refractivity contribution in [2.75, 3.05) is 6.61 Å². The second kappa shape index (κ2) is 5.49. The van der Waals surface area contributed by atoms with Gasteiger partial charge in [-0.05, 0) is 28.8 Å². The molecule has 0 saturated heterocycles. The van der Waals surface area contributed by atoms with Crippen LogP contribution >= 0.6 is 11.3 Å². The minimum absolute atomic E-state index is 0.224. The highest BCUT2D eigenvalue weighted by molar-refractivity contribution is 7.74. The highest BCUT2D eigenvalue weighted by atomic mass is 32.2. The molecule has 0 aliphatic rings. The van der Waals surface area contributed by atoms with Crippen molar-refractivity contribution < 1.29 is 12.9 Å². The van der Waals surface area contributed by atoms with Gasteiger partial charge in [0.1, 0.15) is 0 Å². The largest absolute Gasteiger partial charge is 0.301 e. The maximum atomic E-state index is 10.3. The van der Waals surface area contributed by atoms with Gasteiger partial charge in [0.2, 0.25) is 0 Å². The van der Waals surface area contributed by atoms with E-state index in [4.69, 9.17) is 4.55 Å². The molecule has 1 N–H and O–H groups in total. The van der Waals surface area contributed by atoms with Gasteiger partial charge >= 0.3 is 11.4 Å². The molecule has 0 aromatic carbocycles. The van der Waals surface area contributed by atoms with E-state index in [1.165, 1.54) is 5.56 Å². The fourth-order valence-electron chi connectivity index (χ4n) is 1.10. The van der Waals surface area contributed by atoms with Crippen LogP contribution in [0.3, 0.4) is 0 Å². The van der Waals surface area contributed by atoms with Crippen LogP contribution in [0.4, 0.5) is 0 Å². The minimum atomic E-state index is -2.15. The Morgan fingerprint density at radius 3 is 3.00 bits per heavy atom. The van der Waals surface area contributed by atoms with Gasteiger partial charge in [0.25, 0.3) is 0 Å². The number of rotatable bonds is 5. The highest BCUT2D eigenvalue weighted by Crippen LogP contribution is 2.22. The molecule has 0 aliphatic carbocycles. The summed E-state index contributed by atoms with van der Waals surface area (Å²) in [5.74, 6) is 0.224. The lowest BCUT2D eigenvalue weighted by molar-refractivity contribution is 0.280. The van der Waals surface area contributed by atoms with Gasteiger partial charge in [-0.1, -0.05) is 6.92 Å². The summed E-state index contributed by atoms with van der Waals surface area (Å²) in [6.07, 6.45) is 0.911. The summed E-state index contributed by atoms with van der Waals surface area (Å²) < 4.78 is 23.4. The van der Waals surface area contributed by atoms with Crippen molar-refractivity contribution in [3.05, 3.63) is 22.4 Å². The van der Waals surface area contributed by atoms with E-state index < -0.39 is 11.4 Å². The van der Waals surface area contributed by atoms with Gasteiger partial charge in [-0.25, -0.2) is 0 Å². The van der Waals surface area contributed by atoms with Crippen LogP contribution in [0.5, 0.6) is 0 Å². The molecule has 5 heteroatoms. The summed E-state index contributed by atoms with van der Waals surface area (Å²) in [5, 5.41) is 4.03. The average Bonchev–Trinajstić information content (AvgIpc) is 2.58. The van der Waals surface area contributed by atoms with E-state index in [1.807, 2.05) is 23.8 Å². The Kier molecular flexibility index (Phi) is 4.58. The average molecular weight is 220 g/mol. The smallest absolute Gasteiger partial charge is 0.284 e. The molecule has 2 atom stereocenters. The van der Waals surface area contributed by atoms with Gasteiger partial charge in [0.15, 0.2) is 0 Å². The maximum absolute atomic E-state index is 10.3. The zero-order chi connectivity index (χ0) is 9.68. The molecule has 0 radical (unpaired) electrons. The van der Waals surface area contributed by atoms with Crippen LogP contribution in [-0.4, -0.2) is 15.4 Å². The zero-order valence-electron chi connectivity index (χ0n) is 7.30. The Bertz CT molecular complexity index is 258. The molecule has 1 aromatic heterocycles. The molecule has 2 unspecified atom stereocenters. The second-order valence-corrected chi connectivity index (χ2v) is 4.11. The van der Waals surface area contributed by atoms with Crippen molar-refractivity contribution in [3.8, 4) is 0 Å². The highest BCUT2D eigenvalue weighted by Gasteiger charge is 2.11. The standard InChI is InChI=1S/C8H12O3S2/c1-2-7(5-11-13(9)10)8-3-4-12-6-8/h3-4,6-7H,2,5H2,1H3,(H,9,10). The SMILES string of the molecule is CCC(COS(=O)O)c1ccsc1. The van der Waals surface area contributed by atoms with Crippen LogP contribution in [0, 0.1) is 0 Å². The van der Waals surface area contributed by atoms with E-state index in [9.17, 15) is 4.21 Å². The topological polar surface area (TPSA) is 46.5 Å². The first-order valence-electron chi connectivity index (χ1n) is 4.00. The van der Waals surface area contributed by atoms with E-state index in [2.05, 4.69) is 4.18 Å². The van der Waals surface area contributed by atoms with Crippen LogP contribution in [-0.2, 0) is 15.5 Å². The van der Waals surface area contributed by atoms with Crippen molar-refractivity contribution in [1.29, 1.82) is 0 Å². The lowest BCUT2D eigenvalue weighted by Crippen LogP contribution is -2.07. The van der Waals surface area contributed by atoms with Crippen molar-refractivity contribution >= 4 is 22.7 Å². The summed E-state index contributed by atoms with van der Waals surface area (Å²) in [5.41, 5.74) is 1.18. The van der Waals surface area contributed by atoms with Crippen LogP contribution in [0.15, 0.2) is 16.8 Å². The van der Waals surface area contributed by atoms with Gasteiger partial charge in [0, 0.05) is 5.92 Å². The maximum Gasteiger partial charge on any atom is 0.301 e. The van der Waals surface area contributed by atoms with Crippen LogP contribution in [0.25, 0.3) is 0 Å². The Morgan fingerprint density at radius 2 is 2.54 bits per heavy atom. The van der Waals surface area contributed by atoms with Gasteiger partial charge < -0.3 is 0 Å². The fraction of sp³-hybridized carbons (Fsp3) is 0.500. The quantitative estimate of drug-likeness (QED) is 0.775. The van der Waals surface area contributed by atoms with Crippen molar-refractivity contribution in [2.45, 2.75) is 19.3 Å². The van der Waals surface area contributed by atoms with Gasteiger partial charge in [0.05, 0.1) is 6.61 Å². The lowest BCUT2D eigenvalue weighted by atomic mass is 10.0. The third-order valence-electron chi connectivity index (χ3n) is 1.88. The molecule has 1 heterocycles. The summed E-state index contributed by atoms with van der Waals surface area (Å²) in [6.45, 7) is 2.34. The molecule has 0 saturated carbocycles. The van der Waals surface area contributed by atoms with E-state index in [0.717, 1.165) is 6.42 Å². The van der Waals surface area contributed by atoms with Crippen LogP contribution < -0.4 is 0 Å². The molecule has 1 rings (SSSR count).